The van der Waals surface area contributed by atoms with E-state index in [1.807, 2.05) is 7.05 Å². The lowest BCUT2D eigenvalue weighted by molar-refractivity contribution is 0.439. The number of aryl methyl sites for hydroxylation is 1. The Morgan fingerprint density at radius 1 is 1.17 bits per heavy atom. The molecular weight excluding hydrogens is 380 g/mol. The first-order chi connectivity index (χ1) is 14.6. The zero-order chi connectivity index (χ0) is 20.4. The molecule has 1 aliphatic heterocycles. The normalized spacial score (nSPS) is 22.5. The predicted octanol–water partition coefficient (Wildman–Crippen LogP) is 2.44. The molecule has 0 amide bonds. The van der Waals surface area contributed by atoms with E-state index >= 15 is 0 Å². The van der Waals surface area contributed by atoms with Crippen LogP contribution in [0.4, 0.5) is 11.5 Å². The van der Waals surface area contributed by atoms with Crippen LogP contribution in [0, 0.1) is 18.8 Å². The number of nitrogens with two attached hydrogens (primary N) is 1. The molecule has 4 aromatic rings. The van der Waals surface area contributed by atoms with Crippen LogP contribution in [0.1, 0.15) is 5.56 Å². The first-order valence-corrected chi connectivity index (χ1v) is 10.1. The first-order valence-electron chi connectivity index (χ1n) is 10.1. The van der Waals surface area contributed by atoms with Gasteiger partial charge in [0.1, 0.15) is 17.8 Å². The van der Waals surface area contributed by atoms with E-state index in [1.165, 1.54) is 11.9 Å². The maximum Gasteiger partial charge on any atom is 0.326 e. The van der Waals surface area contributed by atoms with Crippen molar-refractivity contribution in [3.8, 4) is 11.8 Å². The van der Waals surface area contributed by atoms with Crippen molar-refractivity contribution >= 4 is 33.4 Å². The molecule has 1 aliphatic carbocycles. The summed E-state index contributed by atoms with van der Waals surface area (Å²) in [4.78, 5) is 23.3. The number of nitrogens with zero attached hydrogens (tertiary/aromatic N) is 5. The van der Waals surface area contributed by atoms with Gasteiger partial charge in [0, 0.05) is 31.6 Å². The van der Waals surface area contributed by atoms with Crippen molar-refractivity contribution in [2.45, 2.75) is 13.0 Å². The topological polar surface area (TPSA) is 118 Å². The van der Waals surface area contributed by atoms with Crippen LogP contribution >= 0.6 is 0 Å². The zero-order valence-electron chi connectivity index (χ0n) is 16.8. The van der Waals surface area contributed by atoms with Gasteiger partial charge in [-0.05, 0) is 36.5 Å². The van der Waals surface area contributed by atoms with Gasteiger partial charge in [-0.1, -0.05) is 0 Å². The van der Waals surface area contributed by atoms with Gasteiger partial charge in [0.15, 0.2) is 5.75 Å². The van der Waals surface area contributed by atoms with Crippen LogP contribution in [0.25, 0.3) is 21.9 Å². The molecule has 3 aromatic heterocycles. The Bertz CT molecular complexity index is 1260. The number of nitrogens with one attached hydrogen (secondary N) is 2. The SMILES string of the molecule is CNc1cc(C)cc2c1[nH]c1nc(Oc3cncnc3)nc(N3CC4C(N)C4C3)c12. The number of piperidine rings is 1. The molecular formula is C21H22N8O. The monoisotopic (exact) mass is 402 g/mol. The number of anilines is 2. The Morgan fingerprint density at radius 2 is 1.93 bits per heavy atom. The lowest BCUT2D eigenvalue weighted by Crippen LogP contribution is -2.29. The van der Waals surface area contributed by atoms with Crippen molar-refractivity contribution in [3.63, 3.8) is 0 Å². The van der Waals surface area contributed by atoms with Gasteiger partial charge in [-0.25, -0.2) is 9.97 Å². The molecule has 30 heavy (non-hydrogen) atoms. The molecule has 1 saturated carbocycles. The summed E-state index contributed by atoms with van der Waals surface area (Å²) in [6.45, 7) is 3.91. The van der Waals surface area contributed by atoms with Gasteiger partial charge in [0.2, 0.25) is 0 Å². The number of rotatable bonds is 4. The summed E-state index contributed by atoms with van der Waals surface area (Å²) in [5, 5.41) is 5.39. The largest absolute Gasteiger partial charge is 0.421 e. The van der Waals surface area contributed by atoms with Crippen molar-refractivity contribution in [2.75, 3.05) is 30.4 Å². The fourth-order valence-corrected chi connectivity index (χ4v) is 4.66. The summed E-state index contributed by atoms with van der Waals surface area (Å²) in [5.74, 6) is 2.46. The van der Waals surface area contributed by atoms with Crippen LogP contribution in [0.5, 0.6) is 11.8 Å². The fraction of sp³-hybridized carbons (Fsp3) is 0.333. The van der Waals surface area contributed by atoms with Gasteiger partial charge < -0.3 is 25.7 Å². The molecule has 2 unspecified atom stereocenters. The quantitative estimate of drug-likeness (QED) is 0.476. The zero-order valence-corrected chi connectivity index (χ0v) is 16.8. The van der Waals surface area contributed by atoms with Crippen LogP contribution in [0.15, 0.2) is 30.9 Å². The molecule has 0 spiro atoms. The van der Waals surface area contributed by atoms with Crippen molar-refractivity contribution in [1.82, 2.24) is 24.9 Å². The molecule has 1 saturated heterocycles. The molecule has 1 aromatic carbocycles. The Hall–Kier alpha value is -3.46. The minimum Gasteiger partial charge on any atom is -0.421 e. The van der Waals surface area contributed by atoms with E-state index in [4.69, 9.17) is 15.5 Å². The van der Waals surface area contributed by atoms with E-state index in [2.05, 4.69) is 49.2 Å². The number of ether oxygens (including phenoxy) is 1. The number of hydrogen-bond donors (Lipinski definition) is 3. The van der Waals surface area contributed by atoms with E-state index in [9.17, 15) is 0 Å². The molecule has 4 N–H and O–H groups in total. The van der Waals surface area contributed by atoms with Crippen molar-refractivity contribution in [3.05, 3.63) is 36.4 Å². The third kappa shape index (κ3) is 2.58. The highest BCUT2D eigenvalue weighted by molar-refractivity contribution is 6.14. The highest BCUT2D eigenvalue weighted by atomic mass is 16.5. The van der Waals surface area contributed by atoms with Crippen LogP contribution in [0.2, 0.25) is 0 Å². The number of hydrogen-bond acceptors (Lipinski definition) is 8. The van der Waals surface area contributed by atoms with Crippen LogP contribution < -0.4 is 20.7 Å². The van der Waals surface area contributed by atoms with Crippen molar-refractivity contribution < 1.29 is 4.74 Å². The van der Waals surface area contributed by atoms with Gasteiger partial charge in [-0.15, -0.1) is 0 Å². The molecule has 2 aliphatic rings. The lowest BCUT2D eigenvalue weighted by Gasteiger charge is -2.21. The second kappa shape index (κ2) is 6.27. The summed E-state index contributed by atoms with van der Waals surface area (Å²) in [6, 6.07) is 4.88. The fourth-order valence-electron chi connectivity index (χ4n) is 4.66. The van der Waals surface area contributed by atoms with Crippen molar-refractivity contribution in [1.29, 1.82) is 0 Å². The summed E-state index contributed by atoms with van der Waals surface area (Å²) < 4.78 is 5.89. The van der Waals surface area contributed by atoms with E-state index in [0.29, 0.717) is 23.6 Å². The van der Waals surface area contributed by atoms with E-state index < -0.39 is 0 Å². The molecule has 0 bridgehead atoms. The summed E-state index contributed by atoms with van der Waals surface area (Å²) >= 11 is 0. The van der Waals surface area contributed by atoms with Gasteiger partial charge in [-0.2, -0.15) is 9.97 Å². The molecule has 0 radical (unpaired) electrons. The number of benzene rings is 1. The minimum atomic E-state index is 0.270. The molecule has 6 rings (SSSR count). The Balaban J connectivity index is 1.55. The van der Waals surface area contributed by atoms with Gasteiger partial charge in [0.25, 0.3) is 0 Å². The Morgan fingerprint density at radius 3 is 2.67 bits per heavy atom. The summed E-state index contributed by atoms with van der Waals surface area (Å²) in [7, 11) is 1.92. The average molecular weight is 402 g/mol. The number of H-pyrrole nitrogens is 1. The lowest BCUT2D eigenvalue weighted by atomic mass is 10.1. The van der Waals surface area contributed by atoms with E-state index in [1.54, 1.807) is 12.4 Å². The number of fused-ring (bicyclic) bond motifs is 4. The smallest absolute Gasteiger partial charge is 0.326 e. The molecule has 2 fully saturated rings. The predicted molar refractivity (Wildman–Crippen MR) is 115 cm³/mol. The molecule has 152 valence electrons. The second-order valence-corrected chi connectivity index (χ2v) is 8.15. The van der Waals surface area contributed by atoms with Gasteiger partial charge in [0.05, 0.1) is 29.0 Å². The van der Waals surface area contributed by atoms with E-state index in [0.717, 1.165) is 46.5 Å². The van der Waals surface area contributed by atoms with E-state index in [-0.39, 0.29) is 6.01 Å². The highest BCUT2D eigenvalue weighted by Crippen LogP contribution is 2.47. The Kier molecular flexibility index (Phi) is 3.64. The third-order valence-corrected chi connectivity index (χ3v) is 6.24. The van der Waals surface area contributed by atoms with Crippen LogP contribution in [0.3, 0.4) is 0 Å². The third-order valence-electron chi connectivity index (χ3n) is 6.24. The maximum absolute atomic E-state index is 6.17. The van der Waals surface area contributed by atoms with Crippen LogP contribution in [-0.4, -0.2) is 51.1 Å². The average Bonchev–Trinajstić information content (AvgIpc) is 3.11. The molecule has 4 heterocycles. The summed E-state index contributed by atoms with van der Waals surface area (Å²) in [6.07, 6.45) is 4.65. The standard InChI is InChI=1S/C21H22N8O/c1-10-3-12-16-19(26-18(12)15(4-10)23-2)27-21(30-11-5-24-9-25-6-11)28-20(16)29-7-13-14(8-29)17(13)22/h3-6,9,13-14,17,23H,7-8,22H2,1-2H3,(H,26,27,28). The molecule has 9 heteroatoms. The number of aromatic nitrogens is 5. The first kappa shape index (κ1) is 17.4. The van der Waals surface area contributed by atoms with Crippen molar-refractivity contribution in [2.24, 2.45) is 17.6 Å². The highest BCUT2D eigenvalue weighted by Gasteiger charge is 2.54. The molecule has 9 nitrogen and oxygen atoms in total. The second-order valence-electron chi connectivity index (χ2n) is 8.15. The maximum atomic E-state index is 6.17. The van der Waals surface area contributed by atoms with Crippen LogP contribution in [-0.2, 0) is 0 Å². The minimum absolute atomic E-state index is 0.270. The van der Waals surface area contributed by atoms with Gasteiger partial charge in [-0.3, -0.25) is 0 Å². The van der Waals surface area contributed by atoms with Gasteiger partial charge >= 0.3 is 6.01 Å². The Labute approximate surface area is 172 Å². The number of aromatic amines is 1. The molecule has 2 atom stereocenters. The summed E-state index contributed by atoms with van der Waals surface area (Å²) in [5.41, 5.74) is 10.1.